The Bertz CT molecular complexity index is 956. The molecule has 3 N–H and O–H groups in total. The number of nitrogens with zero attached hydrogens (tertiary/aromatic N) is 2. The fourth-order valence-electron chi connectivity index (χ4n) is 3.25. The van der Waals surface area contributed by atoms with Gasteiger partial charge >= 0.3 is 0 Å². The van der Waals surface area contributed by atoms with Crippen molar-refractivity contribution in [2.24, 2.45) is 16.6 Å². The molecule has 0 aliphatic carbocycles. The highest BCUT2D eigenvalue weighted by Crippen LogP contribution is 2.47. The number of nitrogens with two attached hydrogens (primary N) is 1. The molecule has 0 saturated heterocycles. The zero-order valence-corrected chi connectivity index (χ0v) is 17.0. The third kappa shape index (κ3) is 4.00. The average molecular weight is 443 g/mol. The highest BCUT2D eigenvalue weighted by molar-refractivity contribution is 6.31. The number of carbonyl (C=O) groups is 1. The number of pyridine rings is 1. The second-order valence-corrected chi connectivity index (χ2v) is 7.54. The van der Waals surface area contributed by atoms with Gasteiger partial charge in [-0.25, -0.2) is 18.8 Å². The number of rotatable bonds is 4. The van der Waals surface area contributed by atoms with Crippen LogP contribution in [0.3, 0.4) is 0 Å². The lowest BCUT2D eigenvalue weighted by molar-refractivity contribution is -0.0347. The predicted octanol–water partition coefficient (Wildman–Crippen LogP) is 4.47. The minimum absolute atomic E-state index is 0.0432. The first-order chi connectivity index (χ1) is 13.6. The molecular weight excluding hydrogens is 425 g/mol. The van der Waals surface area contributed by atoms with Gasteiger partial charge < -0.3 is 15.8 Å². The maximum absolute atomic E-state index is 14.3. The van der Waals surface area contributed by atoms with E-state index in [1.165, 1.54) is 36.5 Å². The van der Waals surface area contributed by atoms with Crippen LogP contribution in [0.1, 0.15) is 29.9 Å². The highest BCUT2D eigenvalue weighted by Gasteiger charge is 2.53. The number of aliphatic imine (C=N–C) groups is 1. The van der Waals surface area contributed by atoms with Crippen LogP contribution < -0.4 is 11.1 Å². The normalized spacial score (nSPS) is 24.0. The van der Waals surface area contributed by atoms with Gasteiger partial charge in [-0.3, -0.25) is 4.79 Å². The summed E-state index contributed by atoms with van der Waals surface area (Å²) in [5.41, 5.74) is 4.06. The summed E-state index contributed by atoms with van der Waals surface area (Å²) < 4.78 is 34.0. The van der Waals surface area contributed by atoms with Crippen LogP contribution in [0.25, 0.3) is 0 Å². The summed E-state index contributed by atoms with van der Waals surface area (Å²) in [5, 5.41) is 3.07. The Balaban J connectivity index is 2.02. The maximum Gasteiger partial charge on any atom is 0.283 e. The predicted molar refractivity (Wildman–Crippen MR) is 108 cm³/mol. The smallest absolute Gasteiger partial charge is 0.283 e. The summed E-state index contributed by atoms with van der Waals surface area (Å²) >= 11 is 12.0. The van der Waals surface area contributed by atoms with E-state index in [1.807, 2.05) is 0 Å². The molecule has 0 spiro atoms. The standard InChI is InChI=1S/C19H18Cl2F2N4O2/c1-9-10(2)29-18(24)27-19(9,17(22)23)13-7-12(4-5-14(13)21)26-16(28)15-6-3-11(20)8-25-15/h3-10,17H,1-2H3,(H2,24,27)(H,26,28)/t9-,10?,19-/m1/s1. The molecule has 1 aliphatic rings. The molecule has 0 radical (unpaired) electrons. The van der Waals surface area contributed by atoms with Crippen molar-refractivity contribution in [3.8, 4) is 0 Å². The van der Waals surface area contributed by atoms with Crippen LogP contribution in [0.5, 0.6) is 0 Å². The number of halogens is 4. The molecule has 10 heteroatoms. The second kappa shape index (κ2) is 8.12. The van der Waals surface area contributed by atoms with Gasteiger partial charge in [0.05, 0.1) is 5.02 Å². The molecule has 29 heavy (non-hydrogen) atoms. The van der Waals surface area contributed by atoms with Crippen LogP contribution in [-0.4, -0.2) is 29.4 Å². The molecule has 1 aromatic heterocycles. The lowest BCUT2D eigenvalue weighted by atomic mass is 9.76. The van der Waals surface area contributed by atoms with Crippen LogP contribution >= 0.6 is 23.2 Å². The molecule has 154 valence electrons. The average Bonchev–Trinajstić information content (AvgIpc) is 2.66. The fraction of sp³-hybridized carbons (Fsp3) is 0.316. The maximum atomic E-state index is 14.3. The summed E-state index contributed by atoms with van der Waals surface area (Å²) in [6, 6.07) is 6.91. The molecule has 0 fully saturated rings. The molecule has 1 amide bonds. The quantitative estimate of drug-likeness (QED) is 0.730. The molecule has 2 heterocycles. The number of alkyl halides is 2. The first kappa shape index (κ1) is 21.3. The van der Waals surface area contributed by atoms with Gasteiger partial charge in [-0.05, 0) is 37.3 Å². The van der Waals surface area contributed by atoms with Crippen molar-refractivity contribution in [3.63, 3.8) is 0 Å². The van der Waals surface area contributed by atoms with Crippen molar-refractivity contribution in [2.45, 2.75) is 31.9 Å². The molecule has 3 atom stereocenters. The number of anilines is 1. The van der Waals surface area contributed by atoms with Crippen molar-refractivity contribution < 1.29 is 18.3 Å². The van der Waals surface area contributed by atoms with Gasteiger partial charge in [0.1, 0.15) is 11.8 Å². The minimum atomic E-state index is -2.91. The largest absolute Gasteiger partial charge is 0.462 e. The van der Waals surface area contributed by atoms with Gasteiger partial charge in [0.15, 0.2) is 5.54 Å². The Morgan fingerprint density at radius 3 is 2.62 bits per heavy atom. The third-order valence-corrected chi connectivity index (χ3v) is 5.50. The first-order valence-corrected chi connectivity index (χ1v) is 9.43. The third-order valence-electron chi connectivity index (χ3n) is 4.95. The molecule has 1 aromatic carbocycles. The highest BCUT2D eigenvalue weighted by atomic mass is 35.5. The molecule has 1 unspecified atom stereocenters. The van der Waals surface area contributed by atoms with E-state index in [9.17, 15) is 13.6 Å². The summed E-state index contributed by atoms with van der Waals surface area (Å²) in [6.45, 7) is 3.22. The minimum Gasteiger partial charge on any atom is -0.462 e. The Kier molecular flexibility index (Phi) is 5.95. The summed E-state index contributed by atoms with van der Waals surface area (Å²) in [4.78, 5) is 20.3. The van der Waals surface area contributed by atoms with E-state index in [0.29, 0.717) is 5.02 Å². The van der Waals surface area contributed by atoms with Crippen LogP contribution in [0, 0.1) is 5.92 Å². The van der Waals surface area contributed by atoms with E-state index in [4.69, 9.17) is 33.7 Å². The number of benzene rings is 1. The SMILES string of the molecule is CC1OC(N)=N[C@](c2cc(NC(=O)c3ccc(Cl)cn3)ccc2Cl)(C(F)F)[C@@H]1C. The second-order valence-electron chi connectivity index (χ2n) is 6.70. The van der Waals surface area contributed by atoms with E-state index in [1.54, 1.807) is 13.8 Å². The van der Waals surface area contributed by atoms with Gasteiger partial charge in [0.25, 0.3) is 18.4 Å². The molecule has 2 aromatic rings. The van der Waals surface area contributed by atoms with Crippen LogP contribution in [-0.2, 0) is 10.3 Å². The molecule has 3 rings (SSSR count). The van der Waals surface area contributed by atoms with Crippen molar-refractivity contribution in [2.75, 3.05) is 5.32 Å². The lowest BCUT2D eigenvalue weighted by Crippen LogP contribution is -2.51. The zero-order valence-electron chi connectivity index (χ0n) is 15.5. The van der Waals surface area contributed by atoms with Crippen molar-refractivity contribution in [1.29, 1.82) is 0 Å². The molecular formula is C19H18Cl2F2N4O2. The monoisotopic (exact) mass is 442 g/mol. The number of hydrogen-bond acceptors (Lipinski definition) is 5. The van der Waals surface area contributed by atoms with Crippen molar-refractivity contribution in [3.05, 3.63) is 57.8 Å². The van der Waals surface area contributed by atoms with Crippen molar-refractivity contribution >= 4 is 40.8 Å². The van der Waals surface area contributed by atoms with Gasteiger partial charge in [-0.2, -0.15) is 0 Å². The van der Waals surface area contributed by atoms with E-state index in [2.05, 4.69) is 15.3 Å². The van der Waals surface area contributed by atoms with Crippen LogP contribution in [0.4, 0.5) is 14.5 Å². The summed E-state index contributed by atoms with van der Waals surface area (Å²) in [5.74, 6) is -1.27. The number of hydrogen-bond donors (Lipinski definition) is 2. The number of aromatic nitrogens is 1. The van der Waals surface area contributed by atoms with Crippen molar-refractivity contribution in [1.82, 2.24) is 4.98 Å². The summed E-state index contributed by atoms with van der Waals surface area (Å²) in [6.07, 6.45) is -2.20. The van der Waals surface area contributed by atoms with E-state index in [-0.39, 0.29) is 28.0 Å². The summed E-state index contributed by atoms with van der Waals surface area (Å²) in [7, 11) is 0. The molecule has 6 nitrogen and oxygen atoms in total. The number of ether oxygens (including phenoxy) is 1. The molecule has 1 aliphatic heterocycles. The van der Waals surface area contributed by atoms with Gasteiger partial charge in [0, 0.05) is 28.4 Å². The first-order valence-electron chi connectivity index (χ1n) is 8.68. The van der Waals surface area contributed by atoms with Gasteiger partial charge in [0.2, 0.25) is 0 Å². The zero-order chi connectivity index (χ0) is 21.3. The topological polar surface area (TPSA) is 89.6 Å². The van der Waals surface area contributed by atoms with Crippen LogP contribution in [0.15, 0.2) is 41.5 Å². The Morgan fingerprint density at radius 2 is 2.00 bits per heavy atom. The molecule has 0 bridgehead atoms. The number of nitrogens with one attached hydrogen (secondary N) is 1. The van der Waals surface area contributed by atoms with Crippen LogP contribution in [0.2, 0.25) is 10.0 Å². The molecule has 0 saturated carbocycles. The Morgan fingerprint density at radius 1 is 1.28 bits per heavy atom. The van der Waals surface area contributed by atoms with E-state index < -0.39 is 29.9 Å². The number of carbonyl (C=O) groups excluding carboxylic acids is 1. The van der Waals surface area contributed by atoms with E-state index in [0.717, 1.165) is 0 Å². The number of amides is 1. The lowest BCUT2D eigenvalue weighted by Gasteiger charge is -2.42. The Hall–Kier alpha value is -2.45. The number of amidine groups is 1. The fourth-order valence-corrected chi connectivity index (χ4v) is 3.63. The Labute approximate surface area is 176 Å². The van der Waals surface area contributed by atoms with E-state index >= 15 is 0 Å². The van der Waals surface area contributed by atoms with Gasteiger partial charge in [-0.15, -0.1) is 0 Å². The van der Waals surface area contributed by atoms with Gasteiger partial charge in [-0.1, -0.05) is 30.1 Å².